The zero-order valence-corrected chi connectivity index (χ0v) is 12.5. The van der Waals surface area contributed by atoms with Crippen LogP contribution in [-0.2, 0) is 14.3 Å². The van der Waals surface area contributed by atoms with Gasteiger partial charge in [-0.2, -0.15) is 8.42 Å². The van der Waals surface area contributed by atoms with E-state index < -0.39 is 46.7 Å². The molecule has 0 radical (unpaired) electrons. The van der Waals surface area contributed by atoms with Crippen molar-refractivity contribution in [1.29, 1.82) is 0 Å². The van der Waals surface area contributed by atoms with Gasteiger partial charge < -0.3 is 25.5 Å². The van der Waals surface area contributed by atoms with Crippen molar-refractivity contribution in [1.82, 2.24) is 0 Å². The molecule has 0 amide bonds. The summed E-state index contributed by atoms with van der Waals surface area (Å²) in [6.45, 7) is 1.76. The van der Waals surface area contributed by atoms with Crippen molar-refractivity contribution in [2.24, 2.45) is 0 Å². The summed E-state index contributed by atoms with van der Waals surface area (Å²) in [6.07, 6.45) is -11.1. The fraction of sp³-hybridized carbons (Fsp3) is 0.538. The van der Waals surface area contributed by atoms with Crippen molar-refractivity contribution < 1.29 is 38.1 Å². The highest BCUT2D eigenvalue weighted by Gasteiger charge is 2.50. The molecule has 1 aliphatic rings. The van der Waals surface area contributed by atoms with Crippen LogP contribution in [0.5, 0.6) is 0 Å². The molecular formula is C13H18O8S. The van der Waals surface area contributed by atoms with E-state index in [1.54, 1.807) is 6.92 Å². The van der Waals surface area contributed by atoms with E-state index in [-0.39, 0.29) is 4.90 Å². The molecule has 2 unspecified atom stereocenters. The minimum Gasteiger partial charge on any atom is -0.387 e. The summed E-state index contributed by atoms with van der Waals surface area (Å²) in [6, 6.07) is 5.65. The third kappa shape index (κ3) is 3.15. The minimum absolute atomic E-state index is 0.201. The molecule has 0 heterocycles. The van der Waals surface area contributed by atoms with Gasteiger partial charge in [-0.25, -0.2) is 0 Å². The van der Waals surface area contributed by atoms with Crippen LogP contribution in [0.25, 0.3) is 0 Å². The van der Waals surface area contributed by atoms with Gasteiger partial charge in [-0.3, -0.25) is 4.18 Å². The predicted octanol–water partition coefficient (Wildman–Crippen LogP) is -2.11. The monoisotopic (exact) mass is 334 g/mol. The Labute approximate surface area is 127 Å². The lowest BCUT2D eigenvalue weighted by Crippen LogP contribution is -2.64. The molecule has 0 saturated heterocycles. The molecule has 9 heteroatoms. The number of hydrogen-bond donors (Lipinski definition) is 5. The fourth-order valence-corrected chi connectivity index (χ4v) is 3.32. The number of benzene rings is 1. The molecule has 1 saturated carbocycles. The molecule has 1 aromatic rings. The Morgan fingerprint density at radius 2 is 1.23 bits per heavy atom. The van der Waals surface area contributed by atoms with Gasteiger partial charge in [-0.15, -0.1) is 0 Å². The summed E-state index contributed by atoms with van der Waals surface area (Å²) in [5.41, 5.74) is 0.825. The van der Waals surface area contributed by atoms with E-state index in [0.717, 1.165) is 5.56 Å². The van der Waals surface area contributed by atoms with E-state index in [2.05, 4.69) is 0 Å². The highest BCUT2D eigenvalue weighted by atomic mass is 32.2. The number of aliphatic hydroxyl groups excluding tert-OH is 5. The van der Waals surface area contributed by atoms with Crippen LogP contribution in [0.1, 0.15) is 5.56 Å². The average Bonchev–Trinajstić information content (AvgIpc) is 2.48. The third-order valence-electron chi connectivity index (χ3n) is 3.62. The molecule has 1 aromatic carbocycles. The van der Waals surface area contributed by atoms with Crippen LogP contribution in [0, 0.1) is 6.92 Å². The smallest absolute Gasteiger partial charge is 0.297 e. The number of hydrogen-bond acceptors (Lipinski definition) is 8. The Morgan fingerprint density at radius 1 is 0.818 bits per heavy atom. The summed E-state index contributed by atoms with van der Waals surface area (Å²) >= 11 is 0. The molecule has 0 aromatic heterocycles. The molecule has 5 N–H and O–H groups in total. The molecule has 124 valence electrons. The lowest BCUT2D eigenvalue weighted by Gasteiger charge is -2.40. The Bertz CT molecular complexity index is 597. The van der Waals surface area contributed by atoms with Gasteiger partial charge in [0.25, 0.3) is 10.1 Å². The van der Waals surface area contributed by atoms with Gasteiger partial charge in [-0.05, 0) is 19.1 Å². The lowest BCUT2D eigenvalue weighted by molar-refractivity contribution is -0.216. The first kappa shape index (κ1) is 17.3. The van der Waals surface area contributed by atoms with Crippen molar-refractivity contribution in [3.63, 3.8) is 0 Å². The molecule has 1 fully saturated rings. The summed E-state index contributed by atoms with van der Waals surface area (Å²) in [5.74, 6) is 0. The molecule has 0 bridgehead atoms. The zero-order valence-electron chi connectivity index (χ0n) is 11.6. The fourth-order valence-electron chi connectivity index (χ4n) is 2.22. The number of aryl methyl sites for hydroxylation is 1. The van der Waals surface area contributed by atoms with Crippen LogP contribution in [0.15, 0.2) is 29.2 Å². The maximum absolute atomic E-state index is 12.1. The van der Waals surface area contributed by atoms with Crippen molar-refractivity contribution in [2.45, 2.75) is 48.4 Å². The van der Waals surface area contributed by atoms with E-state index in [1.165, 1.54) is 24.3 Å². The maximum Gasteiger partial charge on any atom is 0.297 e. The molecule has 8 nitrogen and oxygen atoms in total. The second-order valence-corrected chi connectivity index (χ2v) is 6.85. The van der Waals surface area contributed by atoms with Gasteiger partial charge in [0.1, 0.15) is 36.6 Å². The second-order valence-electron chi connectivity index (χ2n) is 5.28. The Morgan fingerprint density at radius 3 is 1.68 bits per heavy atom. The first-order chi connectivity index (χ1) is 10.1. The molecule has 1 aliphatic carbocycles. The van der Waals surface area contributed by atoms with Gasteiger partial charge in [0.15, 0.2) is 0 Å². The van der Waals surface area contributed by atoms with E-state index in [0.29, 0.717) is 0 Å². The molecular weight excluding hydrogens is 316 g/mol. The quantitative estimate of drug-likeness (QED) is 0.395. The van der Waals surface area contributed by atoms with Gasteiger partial charge in [-0.1, -0.05) is 17.7 Å². The molecule has 0 aliphatic heterocycles. The summed E-state index contributed by atoms with van der Waals surface area (Å²) in [4.78, 5) is -0.201. The normalized spacial score (nSPS) is 36.3. The van der Waals surface area contributed by atoms with Crippen LogP contribution in [0.2, 0.25) is 0 Å². The van der Waals surface area contributed by atoms with E-state index in [9.17, 15) is 34.0 Å². The van der Waals surface area contributed by atoms with Gasteiger partial charge in [0, 0.05) is 0 Å². The topological polar surface area (TPSA) is 145 Å². The van der Waals surface area contributed by atoms with Crippen molar-refractivity contribution >= 4 is 10.1 Å². The van der Waals surface area contributed by atoms with Crippen LogP contribution < -0.4 is 0 Å². The van der Waals surface area contributed by atoms with Gasteiger partial charge in [0.2, 0.25) is 0 Å². The minimum atomic E-state index is -4.33. The van der Waals surface area contributed by atoms with Crippen LogP contribution in [0.4, 0.5) is 0 Å². The highest BCUT2D eigenvalue weighted by molar-refractivity contribution is 7.86. The van der Waals surface area contributed by atoms with Crippen molar-refractivity contribution in [2.75, 3.05) is 0 Å². The summed E-state index contributed by atoms with van der Waals surface area (Å²) in [7, 11) is -4.33. The lowest BCUT2D eigenvalue weighted by atomic mass is 9.85. The Kier molecular flexibility index (Phi) is 4.87. The van der Waals surface area contributed by atoms with Crippen LogP contribution in [-0.4, -0.2) is 70.6 Å². The standard InChI is InChI=1S/C13H18O8S/c1-6-2-4-7(5-3-6)22(19,20)21-13-11(17)9(15)8(14)10(16)12(13)18/h2-5,8-18H,1H3/t8?,9-,10+,11-,12-,13?/m1/s1. The first-order valence-electron chi connectivity index (χ1n) is 6.55. The first-order valence-corrected chi connectivity index (χ1v) is 7.96. The molecule has 6 atom stereocenters. The van der Waals surface area contributed by atoms with E-state index >= 15 is 0 Å². The number of rotatable bonds is 3. The highest BCUT2D eigenvalue weighted by Crippen LogP contribution is 2.27. The Hall–Kier alpha value is -1.07. The summed E-state index contributed by atoms with van der Waals surface area (Å²) in [5, 5.41) is 48.1. The molecule has 22 heavy (non-hydrogen) atoms. The SMILES string of the molecule is Cc1ccc(S(=O)(=O)OC2[C@H](O)[C@H](O)C(O)[C@H](O)[C@H]2O)cc1. The van der Waals surface area contributed by atoms with Crippen LogP contribution in [0.3, 0.4) is 0 Å². The van der Waals surface area contributed by atoms with E-state index in [1.807, 2.05) is 0 Å². The van der Waals surface area contributed by atoms with Gasteiger partial charge >= 0.3 is 0 Å². The largest absolute Gasteiger partial charge is 0.387 e. The maximum atomic E-state index is 12.1. The number of aliphatic hydroxyl groups is 5. The van der Waals surface area contributed by atoms with Crippen LogP contribution >= 0.6 is 0 Å². The average molecular weight is 334 g/mol. The second kappa shape index (κ2) is 6.20. The van der Waals surface area contributed by atoms with Crippen molar-refractivity contribution in [3.8, 4) is 0 Å². The van der Waals surface area contributed by atoms with Crippen molar-refractivity contribution in [3.05, 3.63) is 29.8 Å². The van der Waals surface area contributed by atoms with E-state index in [4.69, 9.17) is 4.18 Å². The Balaban J connectivity index is 2.26. The summed E-state index contributed by atoms with van der Waals surface area (Å²) < 4.78 is 29.0. The predicted molar refractivity (Wildman–Crippen MR) is 73.3 cm³/mol. The van der Waals surface area contributed by atoms with Gasteiger partial charge in [0.05, 0.1) is 4.90 Å². The third-order valence-corrected chi connectivity index (χ3v) is 4.95. The molecule has 2 rings (SSSR count). The zero-order chi connectivity index (χ0) is 16.7. The molecule has 0 spiro atoms.